The van der Waals surface area contributed by atoms with Crippen LogP contribution in [0.25, 0.3) is 22.0 Å². The number of hydrogen-bond donors (Lipinski definition) is 2. The molecule has 1 aliphatic heterocycles. The molecule has 1 fully saturated rings. The molecule has 5 nitrogen and oxygen atoms in total. The second-order valence-corrected chi connectivity index (χ2v) is 14.6. The maximum atomic E-state index is 8.56. The number of pyridine rings is 1. The molecule has 1 aliphatic carbocycles. The van der Waals surface area contributed by atoms with Crippen molar-refractivity contribution in [3.8, 4) is 11.3 Å². The second kappa shape index (κ2) is 16.9. The van der Waals surface area contributed by atoms with Crippen molar-refractivity contribution in [2.75, 3.05) is 11.9 Å². The third kappa shape index (κ3) is 11.3. The largest absolute Gasteiger partial charge is 3.00 e. The van der Waals surface area contributed by atoms with Crippen molar-refractivity contribution in [3.05, 3.63) is 115 Å². The summed E-state index contributed by atoms with van der Waals surface area (Å²) >= 11 is 0. The summed E-state index contributed by atoms with van der Waals surface area (Å²) < 4.78 is 0. The van der Waals surface area contributed by atoms with E-state index >= 15 is 0 Å². The summed E-state index contributed by atoms with van der Waals surface area (Å²) in [7, 11) is 2.04. The van der Waals surface area contributed by atoms with Crippen molar-refractivity contribution in [1.82, 2.24) is 9.88 Å². The SMILES string of the molecule is CC(O)CC(C)O.CC1(C)CC(c2ccc3c(-c4[c-]cccc4)nccc3c2)CC(C)(C)C1.CC1=CN(c2[c-]cccc2)[CH-]N1C.[Ir+3]. The Labute approximate surface area is 297 Å². The van der Waals surface area contributed by atoms with E-state index in [2.05, 4.69) is 98.1 Å². The van der Waals surface area contributed by atoms with E-state index in [9.17, 15) is 0 Å². The van der Waals surface area contributed by atoms with Gasteiger partial charge in [-0.3, -0.25) is 0 Å². The molecular weight excluding hydrogens is 759 g/mol. The maximum Gasteiger partial charge on any atom is 3.00 e. The van der Waals surface area contributed by atoms with Gasteiger partial charge >= 0.3 is 20.1 Å². The van der Waals surface area contributed by atoms with Gasteiger partial charge < -0.3 is 25.0 Å². The number of aromatic nitrogens is 1. The van der Waals surface area contributed by atoms with Crippen molar-refractivity contribution in [2.24, 2.45) is 10.8 Å². The van der Waals surface area contributed by atoms with Gasteiger partial charge in [0.15, 0.2) is 0 Å². The standard InChI is InChI=1S/C25H28N.C11H12N2.C5H12O2.Ir/c1-24(2)15-21(16-25(3,4)17-24)19-10-11-22-20(14-19)12-13-26-23(22)18-8-6-5-7-9-18;1-10-8-13(9-12(10)2)11-6-4-3-5-7-11;1-4(6)3-5(2)7;/h5-8,10-14,21H,15-17H2,1-4H3;3-6,8-9H,1-2H3;4-7H,3H2,1-2H3;/q-1;-2;;+3. The van der Waals surface area contributed by atoms with Crippen LogP contribution in [0.3, 0.4) is 0 Å². The van der Waals surface area contributed by atoms with Crippen LogP contribution in [0.4, 0.5) is 5.69 Å². The summed E-state index contributed by atoms with van der Waals surface area (Å²) in [5, 5.41) is 19.6. The Hall–Kier alpha value is -3.02. The van der Waals surface area contributed by atoms with Crippen molar-refractivity contribution >= 4 is 16.5 Å². The average molecular weight is 811 g/mol. The van der Waals surface area contributed by atoms with E-state index in [0.717, 1.165) is 16.9 Å². The van der Waals surface area contributed by atoms with E-state index in [4.69, 9.17) is 10.2 Å². The molecule has 0 amide bonds. The number of rotatable bonds is 5. The zero-order chi connectivity index (χ0) is 33.5. The minimum absolute atomic E-state index is 0. The molecule has 6 heteroatoms. The molecule has 2 unspecified atom stereocenters. The van der Waals surface area contributed by atoms with E-state index < -0.39 is 0 Å². The monoisotopic (exact) mass is 811 g/mol. The molecule has 47 heavy (non-hydrogen) atoms. The van der Waals surface area contributed by atoms with Crippen LogP contribution in [0.1, 0.15) is 85.6 Å². The number of allylic oxidation sites excluding steroid dienone is 1. The van der Waals surface area contributed by atoms with Gasteiger partial charge in [0.05, 0.1) is 12.2 Å². The number of fused-ring (bicyclic) bond motifs is 1. The Morgan fingerprint density at radius 1 is 0.915 bits per heavy atom. The molecule has 0 saturated heterocycles. The first-order chi connectivity index (χ1) is 21.7. The summed E-state index contributed by atoms with van der Waals surface area (Å²) in [5.41, 5.74) is 6.69. The number of aliphatic hydroxyl groups excluding tert-OH is 2. The third-order valence-electron chi connectivity index (χ3n) is 8.61. The molecule has 3 aromatic carbocycles. The number of nitrogens with zero attached hydrogens (tertiary/aromatic N) is 3. The van der Waals surface area contributed by atoms with Crippen LogP contribution < -0.4 is 4.90 Å². The average Bonchev–Trinajstić information content (AvgIpc) is 3.33. The number of hydrogen-bond acceptors (Lipinski definition) is 5. The molecule has 4 aromatic rings. The number of aliphatic hydroxyl groups is 2. The number of anilines is 1. The van der Waals surface area contributed by atoms with Crippen LogP contribution in [0.2, 0.25) is 0 Å². The molecule has 6 rings (SSSR count). The first-order valence-corrected chi connectivity index (χ1v) is 16.5. The molecule has 2 heterocycles. The molecule has 2 atom stereocenters. The third-order valence-corrected chi connectivity index (χ3v) is 8.61. The summed E-state index contributed by atoms with van der Waals surface area (Å²) in [6.07, 6.45) is 7.59. The molecular formula is C41H52IrN3O2. The predicted molar refractivity (Wildman–Crippen MR) is 192 cm³/mol. The molecule has 1 aromatic heterocycles. The van der Waals surface area contributed by atoms with Gasteiger partial charge in [-0.05, 0) is 110 Å². The van der Waals surface area contributed by atoms with E-state index in [-0.39, 0.29) is 32.3 Å². The smallest absolute Gasteiger partial charge is 0.508 e. The first-order valence-electron chi connectivity index (χ1n) is 16.5. The summed E-state index contributed by atoms with van der Waals surface area (Å²) in [6.45, 7) is 17.1. The minimum Gasteiger partial charge on any atom is -0.508 e. The van der Waals surface area contributed by atoms with Gasteiger partial charge in [0, 0.05) is 6.20 Å². The fraction of sp³-hybridized carbons (Fsp3) is 0.415. The molecule has 0 bridgehead atoms. The minimum atomic E-state index is -0.375. The molecule has 252 valence electrons. The van der Waals surface area contributed by atoms with E-state index in [1.54, 1.807) is 13.8 Å². The van der Waals surface area contributed by atoms with Crippen LogP contribution in [0.15, 0.2) is 90.9 Å². The van der Waals surface area contributed by atoms with Gasteiger partial charge in [0.2, 0.25) is 0 Å². The Balaban J connectivity index is 0.000000238. The topological polar surface area (TPSA) is 59.8 Å². The van der Waals surface area contributed by atoms with Gasteiger partial charge in [-0.1, -0.05) is 45.9 Å². The number of para-hydroxylation sites is 1. The quantitative estimate of drug-likeness (QED) is 0.197. The van der Waals surface area contributed by atoms with Gasteiger partial charge in [0.25, 0.3) is 0 Å². The van der Waals surface area contributed by atoms with E-state index in [0.29, 0.717) is 23.2 Å². The molecule has 2 aliphatic rings. The van der Waals surface area contributed by atoms with E-state index in [1.165, 1.54) is 41.3 Å². The Kier molecular flexibility index (Phi) is 13.8. The van der Waals surface area contributed by atoms with Crippen molar-refractivity contribution in [1.29, 1.82) is 0 Å². The number of benzene rings is 3. The molecule has 1 saturated carbocycles. The zero-order valence-corrected chi connectivity index (χ0v) is 31.7. The van der Waals surface area contributed by atoms with Gasteiger partial charge in [-0.25, -0.2) is 0 Å². The van der Waals surface area contributed by atoms with Crippen molar-refractivity contribution in [2.45, 2.75) is 92.3 Å². The van der Waals surface area contributed by atoms with Crippen LogP contribution in [0, 0.1) is 29.6 Å². The Morgan fingerprint density at radius 2 is 1.55 bits per heavy atom. The summed E-state index contributed by atoms with van der Waals surface area (Å²) in [6, 6.07) is 31.7. The summed E-state index contributed by atoms with van der Waals surface area (Å²) in [4.78, 5) is 8.78. The Bertz CT molecular complexity index is 1550. The van der Waals surface area contributed by atoms with Crippen LogP contribution in [-0.4, -0.2) is 39.4 Å². The van der Waals surface area contributed by atoms with Gasteiger partial charge in [0.1, 0.15) is 0 Å². The molecule has 2 N–H and O–H groups in total. The fourth-order valence-corrected chi connectivity index (χ4v) is 7.06. The molecule has 0 radical (unpaired) electrons. The maximum absolute atomic E-state index is 8.56. The molecule has 0 spiro atoms. The summed E-state index contributed by atoms with van der Waals surface area (Å²) in [5.74, 6) is 0.637. The first kappa shape index (κ1) is 38.4. The Morgan fingerprint density at radius 3 is 2.06 bits per heavy atom. The van der Waals surface area contributed by atoms with Gasteiger partial charge in [-0.15, -0.1) is 41.6 Å². The van der Waals surface area contributed by atoms with Crippen LogP contribution >= 0.6 is 0 Å². The van der Waals surface area contributed by atoms with Crippen molar-refractivity contribution < 1.29 is 30.3 Å². The van der Waals surface area contributed by atoms with Gasteiger partial charge in [-0.2, -0.15) is 37.0 Å². The normalized spacial score (nSPS) is 18.1. The van der Waals surface area contributed by atoms with Crippen LogP contribution in [-0.2, 0) is 20.1 Å². The second-order valence-electron chi connectivity index (χ2n) is 14.6. The zero-order valence-electron chi connectivity index (χ0n) is 29.3. The fourth-order valence-electron chi connectivity index (χ4n) is 7.06. The predicted octanol–water partition coefficient (Wildman–Crippen LogP) is 9.38. The van der Waals surface area contributed by atoms with Crippen LogP contribution in [0.5, 0.6) is 0 Å². The van der Waals surface area contributed by atoms with Crippen molar-refractivity contribution in [3.63, 3.8) is 0 Å². The van der Waals surface area contributed by atoms with E-state index in [1.807, 2.05) is 62.4 Å².